The van der Waals surface area contributed by atoms with Gasteiger partial charge < -0.3 is 5.11 Å². The summed E-state index contributed by atoms with van der Waals surface area (Å²) in [5.41, 5.74) is 0. The molecule has 0 aliphatic heterocycles. The minimum Gasteiger partial charge on any atom is -0.481 e. The average molecular weight is 218 g/mol. The van der Waals surface area contributed by atoms with Crippen LogP contribution in [0.3, 0.4) is 0 Å². The van der Waals surface area contributed by atoms with Crippen molar-refractivity contribution in [3.05, 3.63) is 0 Å². The number of hydrogen-bond donors (Lipinski definition) is 2. The van der Waals surface area contributed by atoms with Crippen LogP contribution in [-0.4, -0.2) is 88.9 Å². The van der Waals surface area contributed by atoms with Crippen LogP contribution in [0.4, 0.5) is 0 Å². The topological polar surface area (TPSA) is 91.7 Å². The molecule has 0 aromatic heterocycles. The number of aliphatic carboxylic acids is 1. The summed E-state index contributed by atoms with van der Waals surface area (Å²) in [7, 11) is -4.21. The van der Waals surface area contributed by atoms with Crippen LogP contribution in [0, 0.1) is 0 Å². The first-order valence-electron chi connectivity index (χ1n) is 1.75. The number of carboxylic acids is 1. The molecular formula is C2H4Na2O5S2. The van der Waals surface area contributed by atoms with E-state index in [9.17, 15) is 13.2 Å². The molecule has 0 fully saturated rings. The van der Waals surface area contributed by atoms with Gasteiger partial charge in [0.15, 0.2) is 0 Å². The molecule has 2 radical (unpaired) electrons. The van der Waals surface area contributed by atoms with E-state index in [1.807, 2.05) is 0 Å². The molecule has 11 heavy (non-hydrogen) atoms. The fourth-order valence-electron chi connectivity index (χ4n) is 0.125. The van der Waals surface area contributed by atoms with Gasteiger partial charge in [0.05, 0.1) is 0 Å². The maximum Gasteiger partial charge on any atom is 0.320 e. The van der Waals surface area contributed by atoms with E-state index in [4.69, 9.17) is 9.66 Å². The van der Waals surface area contributed by atoms with Gasteiger partial charge in [-0.3, -0.25) is 9.35 Å². The van der Waals surface area contributed by atoms with Crippen LogP contribution in [0.5, 0.6) is 0 Å². The molecule has 0 rings (SSSR count). The fourth-order valence-corrected chi connectivity index (χ4v) is 1.12. The molecule has 0 aromatic rings. The van der Waals surface area contributed by atoms with Crippen LogP contribution in [0.1, 0.15) is 0 Å². The van der Waals surface area contributed by atoms with Crippen LogP contribution >= 0.6 is 10.8 Å². The van der Waals surface area contributed by atoms with Crippen molar-refractivity contribution < 1.29 is 22.9 Å². The third-order valence-electron chi connectivity index (χ3n) is 0.331. The second-order valence-corrected chi connectivity index (χ2v) is 4.43. The van der Waals surface area contributed by atoms with Gasteiger partial charge in [-0.1, -0.05) is 0 Å². The molecule has 0 saturated carbocycles. The van der Waals surface area contributed by atoms with Crippen LogP contribution in [0.2, 0.25) is 0 Å². The Morgan fingerprint density at radius 3 is 1.82 bits per heavy atom. The zero-order valence-corrected chi connectivity index (χ0v) is 11.8. The van der Waals surface area contributed by atoms with Crippen LogP contribution in [0.15, 0.2) is 0 Å². The maximum absolute atomic E-state index is 9.79. The summed E-state index contributed by atoms with van der Waals surface area (Å²) in [6.45, 7) is 0. The Kier molecular flexibility index (Phi) is 14.0. The molecule has 0 unspecified atom stereocenters. The molecule has 0 aliphatic carbocycles. The van der Waals surface area contributed by atoms with Crippen molar-refractivity contribution in [3.8, 4) is 0 Å². The molecule has 0 aliphatic rings. The van der Waals surface area contributed by atoms with E-state index >= 15 is 0 Å². The molecule has 9 heteroatoms. The predicted molar refractivity (Wildman–Crippen MR) is 43.2 cm³/mol. The quantitative estimate of drug-likeness (QED) is 0.353. The first-order chi connectivity index (χ1) is 3.92. The SMILES string of the molecule is O=C(O)CSS(=O)(=O)O.[Na].[Na]. The predicted octanol–water partition coefficient (Wildman–Crippen LogP) is -1.15. The number of carboxylic acid groups (broad SMARTS) is 1. The molecule has 0 bridgehead atoms. The molecular weight excluding hydrogens is 214 g/mol. The third kappa shape index (κ3) is 18.6. The van der Waals surface area contributed by atoms with E-state index in [2.05, 4.69) is 0 Å². The van der Waals surface area contributed by atoms with E-state index in [-0.39, 0.29) is 69.9 Å². The summed E-state index contributed by atoms with van der Waals surface area (Å²) in [5, 5.41) is 7.88. The molecule has 5 nitrogen and oxygen atoms in total. The smallest absolute Gasteiger partial charge is 0.320 e. The van der Waals surface area contributed by atoms with E-state index in [1.165, 1.54) is 0 Å². The third-order valence-corrected chi connectivity index (χ3v) is 2.24. The Labute approximate surface area is 112 Å². The normalized spacial score (nSPS) is 9.18. The van der Waals surface area contributed by atoms with Gasteiger partial charge in [-0.25, -0.2) is 0 Å². The molecule has 2 N–H and O–H groups in total. The van der Waals surface area contributed by atoms with Gasteiger partial charge in [-0.15, -0.1) is 0 Å². The van der Waals surface area contributed by atoms with Crippen LogP contribution < -0.4 is 0 Å². The van der Waals surface area contributed by atoms with Gasteiger partial charge in [-0.2, -0.15) is 8.42 Å². The average Bonchev–Trinajstić information content (AvgIpc) is 1.59. The molecule has 0 aromatic carbocycles. The van der Waals surface area contributed by atoms with Crippen LogP contribution in [-0.2, 0) is 13.9 Å². The van der Waals surface area contributed by atoms with Crippen molar-refractivity contribution in [2.45, 2.75) is 0 Å². The molecule has 56 valence electrons. The van der Waals surface area contributed by atoms with Gasteiger partial charge >= 0.3 is 15.1 Å². The summed E-state index contributed by atoms with van der Waals surface area (Å²) in [5.74, 6) is -1.92. The van der Waals surface area contributed by atoms with Gasteiger partial charge in [0, 0.05) is 69.9 Å². The first kappa shape index (κ1) is 18.5. The Morgan fingerprint density at radius 2 is 1.73 bits per heavy atom. The number of carbonyl (C=O) groups is 1. The molecule has 0 atom stereocenters. The summed E-state index contributed by atoms with van der Waals surface area (Å²) < 4.78 is 27.5. The largest absolute Gasteiger partial charge is 0.481 e. The zero-order valence-electron chi connectivity index (χ0n) is 6.14. The van der Waals surface area contributed by atoms with Gasteiger partial charge in [-0.05, 0) is 0 Å². The Bertz CT molecular complexity index is 199. The van der Waals surface area contributed by atoms with Crippen molar-refractivity contribution in [1.82, 2.24) is 0 Å². The monoisotopic (exact) mass is 218 g/mol. The minimum absolute atomic E-state index is 0. The molecule has 0 heterocycles. The standard InChI is InChI=1S/C2H4O5S2.2Na/c3-2(4)1-8-9(5,6)7;;/h1H2,(H,3,4)(H,5,6,7);;. The summed E-state index contributed by atoms with van der Waals surface area (Å²) >= 11 is 0. The molecule has 0 spiro atoms. The van der Waals surface area contributed by atoms with E-state index in [0.717, 1.165) is 0 Å². The van der Waals surface area contributed by atoms with E-state index in [1.54, 1.807) is 0 Å². The first-order valence-corrected chi connectivity index (χ1v) is 4.70. The number of rotatable bonds is 3. The minimum atomic E-state index is -4.18. The summed E-state index contributed by atoms with van der Waals surface area (Å²) in [4.78, 5) is 9.65. The molecule has 0 amide bonds. The van der Waals surface area contributed by atoms with Crippen LogP contribution in [0.25, 0.3) is 0 Å². The second-order valence-electron chi connectivity index (χ2n) is 1.08. The maximum atomic E-state index is 9.79. The van der Waals surface area contributed by atoms with Crippen molar-refractivity contribution in [1.29, 1.82) is 0 Å². The van der Waals surface area contributed by atoms with Gasteiger partial charge in [0.25, 0.3) is 0 Å². The van der Waals surface area contributed by atoms with Crippen molar-refractivity contribution >= 4 is 85.0 Å². The second kappa shape index (κ2) is 8.33. The van der Waals surface area contributed by atoms with Gasteiger partial charge in [0.2, 0.25) is 0 Å². The zero-order chi connectivity index (χ0) is 7.49. The van der Waals surface area contributed by atoms with Gasteiger partial charge in [0.1, 0.15) is 5.75 Å². The van der Waals surface area contributed by atoms with Crippen molar-refractivity contribution in [2.24, 2.45) is 0 Å². The fraction of sp³-hybridized carbons (Fsp3) is 0.500. The van der Waals surface area contributed by atoms with Crippen molar-refractivity contribution in [2.75, 3.05) is 5.75 Å². The van der Waals surface area contributed by atoms with Crippen molar-refractivity contribution in [3.63, 3.8) is 0 Å². The summed E-state index contributed by atoms with van der Waals surface area (Å²) in [6, 6.07) is 0. The Balaban J connectivity index is -0.000000320. The Morgan fingerprint density at radius 1 is 1.36 bits per heavy atom. The Hall–Kier alpha value is 1.73. The molecule has 0 saturated heterocycles. The van der Waals surface area contributed by atoms with E-state index < -0.39 is 20.9 Å². The number of hydrogen-bond acceptors (Lipinski definition) is 4. The van der Waals surface area contributed by atoms with E-state index in [0.29, 0.717) is 0 Å². The summed E-state index contributed by atoms with van der Waals surface area (Å²) in [6.07, 6.45) is 0.